The van der Waals surface area contributed by atoms with E-state index < -0.39 is 0 Å². The fourth-order valence-electron chi connectivity index (χ4n) is 6.57. The van der Waals surface area contributed by atoms with E-state index in [1.165, 1.54) is 27.7 Å². The van der Waals surface area contributed by atoms with Gasteiger partial charge in [-0.15, -0.1) is 0 Å². The van der Waals surface area contributed by atoms with Gasteiger partial charge >= 0.3 is 0 Å². The fraction of sp³-hybridized carbons (Fsp3) is 0.273. The lowest BCUT2D eigenvalue weighted by Gasteiger charge is -2.30. The molecule has 5 nitrogen and oxygen atoms in total. The zero-order valence-electron chi connectivity index (χ0n) is 29.4. The third-order valence-corrected chi connectivity index (χ3v) is 9.12. The second kappa shape index (κ2) is 15.9. The minimum absolute atomic E-state index is 0.490. The summed E-state index contributed by atoms with van der Waals surface area (Å²) in [5.74, 6) is 2.61. The Bertz CT molecular complexity index is 1900. The second-order valence-electron chi connectivity index (χ2n) is 13.2. The van der Waals surface area contributed by atoms with Crippen molar-refractivity contribution in [2.24, 2.45) is 0 Å². The average Bonchev–Trinajstić information content (AvgIpc) is 3.39. The molecule has 0 amide bonds. The van der Waals surface area contributed by atoms with Gasteiger partial charge in [-0.1, -0.05) is 72.8 Å². The first-order valence-corrected chi connectivity index (χ1v) is 17.4. The summed E-state index contributed by atoms with van der Waals surface area (Å²) in [4.78, 5) is 2.45. The van der Waals surface area contributed by atoms with Crippen molar-refractivity contribution >= 4 is 10.9 Å². The molecule has 252 valence electrons. The van der Waals surface area contributed by atoms with Crippen LogP contribution in [0.5, 0.6) is 17.2 Å². The normalized spacial score (nSPS) is 11.5. The van der Waals surface area contributed by atoms with E-state index in [-0.39, 0.29) is 0 Å². The molecule has 0 unspecified atom stereocenters. The van der Waals surface area contributed by atoms with E-state index in [1.54, 1.807) is 0 Å². The number of nitrogens with zero attached hydrogens (tertiary/aromatic N) is 2. The zero-order chi connectivity index (χ0) is 34.2. The minimum atomic E-state index is 0.490. The third-order valence-electron chi connectivity index (χ3n) is 9.12. The molecule has 0 saturated carbocycles. The van der Waals surface area contributed by atoms with Gasteiger partial charge in [0, 0.05) is 36.1 Å². The smallest absolute Gasteiger partial charge is 0.120 e. The Hall–Kier alpha value is -5.00. The van der Waals surface area contributed by atoms with Gasteiger partial charge in [-0.05, 0) is 117 Å². The predicted octanol–water partition coefficient (Wildman–Crippen LogP) is 10.3. The Morgan fingerprint density at radius 1 is 0.571 bits per heavy atom. The topological polar surface area (TPSA) is 35.9 Å². The maximum atomic E-state index is 6.25. The maximum absolute atomic E-state index is 6.25. The predicted molar refractivity (Wildman–Crippen MR) is 202 cm³/mol. The van der Waals surface area contributed by atoms with E-state index in [9.17, 15) is 0 Å². The van der Waals surface area contributed by atoms with Crippen LogP contribution in [-0.4, -0.2) is 34.7 Å². The Morgan fingerprint density at radius 2 is 1.10 bits per heavy atom. The monoisotopic (exact) mass is 652 g/mol. The maximum Gasteiger partial charge on any atom is 0.120 e. The highest BCUT2D eigenvalue weighted by atomic mass is 16.5. The number of benzene rings is 5. The molecule has 0 aliphatic rings. The van der Waals surface area contributed by atoms with E-state index in [1.807, 2.05) is 36.4 Å². The van der Waals surface area contributed by atoms with Crippen molar-refractivity contribution in [2.45, 2.75) is 66.5 Å². The first kappa shape index (κ1) is 33.9. The first-order chi connectivity index (χ1) is 23.9. The Kier molecular flexibility index (Phi) is 11.0. The van der Waals surface area contributed by atoms with Crippen LogP contribution in [0.15, 0.2) is 127 Å². The molecule has 0 saturated heterocycles. The van der Waals surface area contributed by atoms with Crippen molar-refractivity contribution in [3.63, 3.8) is 0 Å². The van der Waals surface area contributed by atoms with Crippen molar-refractivity contribution in [3.8, 4) is 28.5 Å². The van der Waals surface area contributed by atoms with Crippen LogP contribution in [0, 0.1) is 6.92 Å². The number of hydrogen-bond acceptors (Lipinski definition) is 4. The molecule has 0 radical (unpaired) electrons. The first-order valence-electron chi connectivity index (χ1n) is 17.4. The van der Waals surface area contributed by atoms with Crippen LogP contribution in [0.3, 0.4) is 0 Å². The lowest BCUT2D eigenvalue weighted by atomic mass is 10.1. The van der Waals surface area contributed by atoms with E-state index in [4.69, 9.17) is 14.2 Å². The second-order valence-corrected chi connectivity index (χ2v) is 13.2. The van der Waals surface area contributed by atoms with Gasteiger partial charge in [-0.25, -0.2) is 0 Å². The number of ether oxygens (including phenoxy) is 3. The molecule has 6 rings (SSSR count). The van der Waals surface area contributed by atoms with Crippen LogP contribution in [0.4, 0.5) is 0 Å². The number of rotatable bonds is 15. The number of hydrogen-bond donors (Lipinski definition) is 0. The largest absolute Gasteiger partial charge is 0.492 e. The third kappa shape index (κ3) is 8.54. The van der Waals surface area contributed by atoms with Gasteiger partial charge in [0.05, 0.1) is 5.69 Å². The van der Waals surface area contributed by atoms with Gasteiger partial charge in [0.15, 0.2) is 0 Å². The van der Waals surface area contributed by atoms with E-state index in [0.29, 0.717) is 31.9 Å². The molecule has 6 aromatic rings. The van der Waals surface area contributed by atoms with Crippen LogP contribution in [0.1, 0.15) is 49.9 Å². The van der Waals surface area contributed by atoms with Crippen LogP contribution in [-0.2, 0) is 19.8 Å². The summed E-state index contributed by atoms with van der Waals surface area (Å²) in [6.45, 7) is 14.5. The Morgan fingerprint density at radius 3 is 1.69 bits per heavy atom. The van der Waals surface area contributed by atoms with Crippen molar-refractivity contribution in [1.29, 1.82) is 0 Å². The number of aryl methyl sites for hydroxylation is 1. The molecule has 1 heterocycles. The van der Waals surface area contributed by atoms with Crippen molar-refractivity contribution in [2.75, 3.05) is 13.2 Å². The lowest BCUT2D eigenvalue weighted by molar-refractivity contribution is 0.142. The van der Waals surface area contributed by atoms with E-state index in [0.717, 1.165) is 47.0 Å². The molecule has 5 heteroatoms. The van der Waals surface area contributed by atoms with Crippen molar-refractivity contribution < 1.29 is 14.2 Å². The molecule has 5 aromatic carbocycles. The van der Waals surface area contributed by atoms with Gasteiger partial charge in [-0.3, -0.25) is 4.90 Å². The van der Waals surface area contributed by atoms with Gasteiger partial charge in [0.25, 0.3) is 0 Å². The van der Waals surface area contributed by atoms with E-state index >= 15 is 0 Å². The van der Waals surface area contributed by atoms with Gasteiger partial charge in [0.1, 0.15) is 37.1 Å². The molecule has 0 aliphatic heterocycles. The molecule has 0 atom stereocenters. The van der Waals surface area contributed by atoms with Crippen molar-refractivity contribution in [3.05, 3.63) is 150 Å². The number of fused-ring (bicyclic) bond motifs is 1. The lowest BCUT2D eigenvalue weighted by Crippen LogP contribution is -2.39. The molecule has 49 heavy (non-hydrogen) atoms. The summed E-state index contributed by atoms with van der Waals surface area (Å²) in [7, 11) is 0. The zero-order valence-corrected chi connectivity index (χ0v) is 29.4. The Labute approximate surface area is 291 Å². The molecule has 1 aromatic heterocycles. The van der Waals surface area contributed by atoms with Crippen LogP contribution in [0.25, 0.3) is 22.2 Å². The number of aromatic nitrogens is 1. The summed E-state index contributed by atoms with van der Waals surface area (Å²) in [6, 6.07) is 45.0. The van der Waals surface area contributed by atoms with Gasteiger partial charge in [-0.2, -0.15) is 0 Å². The highest BCUT2D eigenvalue weighted by molar-refractivity contribution is 5.92. The standard InChI is InChI=1S/C44H48N2O3/c1-32(2)45(33(3)4)26-27-47-39-20-16-35(17-21-39)29-46-43-25-24-41(49-31-37-14-10-7-11-15-37)28-42(43)34(5)44(46)38-18-22-40(23-19-38)48-30-36-12-8-6-9-13-36/h6-25,28,32-33H,26-27,29-31H2,1-5H3. The summed E-state index contributed by atoms with van der Waals surface area (Å²) in [6.07, 6.45) is 0. The Balaban J connectivity index is 1.25. The van der Waals surface area contributed by atoms with Crippen LogP contribution >= 0.6 is 0 Å². The molecular formula is C44H48N2O3. The fourth-order valence-corrected chi connectivity index (χ4v) is 6.57. The summed E-state index contributed by atoms with van der Waals surface area (Å²) >= 11 is 0. The molecular weight excluding hydrogens is 604 g/mol. The van der Waals surface area contributed by atoms with Gasteiger partial charge in [0.2, 0.25) is 0 Å². The van der Waals surface area contributed by atoms with Crippen LogP contribution in [0.2, 0.25) is 0 Å². The highest BCUT2D eigenvalue weighted by Crippen LogP contribution is 2.37. The SMILES string of the molecule is Cc1c(-c2ccc(OCc3ccccc3)cc2)n(Cc2ccc(OCCN(C(C)C)C(C)C)cc2)c2ccc(OCc3ccccc3)cc12. The minimum Gasteiger partial charge on any atom is -0.492 e. The molecule has 0 spiro atoms. The molecule has 0 aliphatic carbocycles. The summed E-state index contributed by atoms with van der Waals surface area (Å²) in [5.41, 5.74) is 8.24. The van der Waals surface area contributed by atoms with Crippen LogP contribution < -0.4 is 14.2 Å². The highest BCUT2D eigenvalue weighted by Gasteiger charge is 2.18. The van der Waals surface area contributed by atoms with Gasteiger partial charge < -0.3 is 18.8 Å². The molecule has 0 N–H and O–H groups in total. The average molecular weight is 653 g/mol. The quantitative estimate of drug-likeness (QED) is 0.111. The summed E-state index contributed by atoms with van der Waals surface area (Å²) < 4.78 is 20.9. The summed E-state index contributed by atoms with van der Waals surface area (Å²) in [5, 5.41) is 1.18. The molecule has 0 fully saturated rings. The molecule has 0 bridgehead atoms. The van der Waals surface area contributed by atoms with Crippen molar-refractivity contribution in [1.82, 2.24) is 9.47 Å². The van der Waals surface area contributed by atoms with E-state index in [2.05, 4.69) is 135 Å².